The molecule has 1 saturated carbocycles. The van der Waals surface area contributed by atoms with Crippen molar-refractivity contribution in [1.29, 1.82) is 0 Å². The van der Waals surface area contributed by atoms with Gasteiger partial charge in [0.2, 0.25) is 5.91 Å². The van der Waals surface area contributed by atoms with Crippen molar-refractivity contribution in [2.45, 2.75) is 51.9 Å². The van der Waals surface area contributed by atoms with Gasteiger partial charge in [0.1, 0.15) is 0 Å². The van der Waals surface area contributed by atoms with Crippen molar-refractivity contribution in [2.75, 3.05) is 19.6 Å². The molecule has 1 saturated heterocycles. The molecule has 120 valence electrons. The summed E-state index contributed by atoms with van der Waals surface area (Å²) in [4.78, 5) is 23.7. The Kier molecular flexibility index (Phi) is 5.62. The molecule has 0 spiro atoms. The summed E-state index contributed by atoms with van der Waals surface area (Å²) in [7, 11) is 0. The van der Waals surface area contributed by atoms with Gasteiger partial charge in [0.15, 0.2) is 0 Å². The molecule has 1 atom stereocenters. The highest BCUT2D eigenvalue weighted by Crippen LogP contribution is 2.38. The molecule has 1 aliphatic heterocycles. The third kappa shape index (κ3) is 4.43. The van der Waals surface area contributed by atoms with Gasteiger partial charge in [-0.2, -0.15) is 0 Å². The maximum atomic E-state index is 12.1. The van der Waals surface area contributed by atoms with Crippen LogP contribution in [0.4, 0.5) is 0 Å². The summed E-state index contributed by atoms with van der Waals surface area (Å²) >= 11 is 0. The van der Waals surface area contributed by atoms with Crippen molar-refractivity contribution in [1.82, 2.24) is 10.6 Å². The molecule has 5 heteroatoms. The number of carboxylic acids is 1. The van der Waals surface area contributed by atoms with Crippen molar-refractivity contribution in [3.8, 4) is 0 Å². The molecule has 0 aromatic heterocycles. The maximum absolute atomic E-state index is 12.1. The van der Waals surface area contributed by atoms with Gasteiger partial charge >= 0.3 is 5.97 Å². The van der Waals surface area contributed by atoms with E-state index in [0.29, 0.717) is 31.1 Å². The predicted octanol–water partition coefficient (Wildman–Crippen LogP) is 1.77. The van der Waals surface area contributed by atoms with Crippen LogP contribution in [0.25, 0.3) is 0 Å². The largest absolute Gasteiger partial charge is 0.481 e. The summed E-state index contributed by atoms with van der Waals surface area (Å²) in [5.41, 5.74) is -0.743. The van der Waals surface area contributed by atoms with Gasteiger partial charge in [0.25, 0.3) is 0 Å². The Balaban J connectivity index is 1.81. The Morgan fingerprint density at radius 1 is 1.29 bits per heavy atom. The lowest BCUT2D eigenvalue weighted by atomic mass is 9.70. The standard InChI is InChI=1S/C16H28N2O3/c1-12-4-6-16(7-5-12,15(20)21)11-18-14(19)9-13-3-2-8-17-10-13/h12-13,17H,2-11H2,1H3,(H,18,19)(H,20,21). The number of hydrogen-bond acceptors (Lipinski definition) is 3. The maximum Gasteiger partial charge on any atom is 0.311 e. The summed E-state index contributed by atoms with van der Waals surface area (Å²) in [5, 5.41) is 15.7. The number of carbonyl (C=O) groups excluding carboxylic acids is 1. The molecule has 3 N–H and O–H groups in total. The Hall–Kier alpha value is -1.10. The minimum Gasteiger partial charge on any atom is -0.481 e. The number of piperidine rings is 1. The number of hydrogen-bond donors (Lipinski definition) is 3. The average Bonchev–Trinajstić information content (AvgIpc) is 2.48. The third-order valence-corrected chi connectivity index (χ3v) is 5.18. The number of rotatable bonds is 5. The highest BCUT2D eigenvalue weighted by atomic mass is 16.4. The van der Waals surface area contributed by atoms with E-state index in [1.54, 1.807) is 0 Å². The molecular formula is C16H28N2O3. The molecule has 0 aromatic carbocycles. The molecule has 1 heterocycles. The van der Waals surface area contributed by atoms with Gasteiger partial charge in [-0.25, -0.2) is 0 Å². The van der Waals surface area contributed by atoms with E-state index in [1.807, 2.05) is 0 Å². The van der Waals surface area contributed by atoms with E-state index < -0.39 is 11.4 Å². The van der Waals surface area contributed by atoms with Crippen LogP contribution in [0, 0.1) is 17.3 Å². The van der Waals surface area contributed by atoms with Gasteiger partial charge in [-0.3, -0.25) is 9.59 Å². The van der Waals surface area contributed by atoms with Crippen LogP contribution in [-0.2, 0) is 9.59 Å². The summed E-state index contributed by atoms with van der Waals surface area (Å²) in [5.74, 6) is 0.240. The first-order valence-corrected chi connectivity index (χ1v) is 8.23. The van der Waals surface area contributed by atoms with E-state index in [9.17, 15) is 14.7 Å². The van der Waals surface area contributed by atoms with Crippen LogP contribution < -0.4 is 10.6 Å². The summed E-state index contributed by atoms with van der Waals surface area (Å²) in [6.45, 7) is 4.39. The van der Waals surface area contributed by atoms with Crippen LogP contribution in [0.15, 0.2) is 0 Å². The van der Waals surface area contributed by atoms with Crippen LogP contribution in [0.3, 0.4) is 0 Å². The lowest BCUT2D eigenvalue weighted by molar-refractivity contribution is -0.151. The molecule has 5 nitrogen and oxygen atoms in total. The van der Waals surface area contributed by atoms with Crippen LogP contribution >= 0.6 is 0 Å². The minimum atomic E-state index is -0.756. The lowest BCUT2D eigenvalue weighted by Crippen LogP contribution is -2.45. The zero-order chi connectivity index (χ0) is 15.3. The third-order valence-electron chi connectivity index (χ3n) is 5.18. The fourth-order valence-corrected chi connectivity index (χ4v) is 3.48. The second-order valence-electron chi connectivity index (χ2n) is 6.96. The number of amides is 1. The van der Waals surface area contributed by atoms with Crippen LogP contribution in [0.2, 0.25) is 0 Å². The number of carboxylic acid groups (broad SMARTS) is 1. The molecule has 1 amide bonds. The molecule has 0 radical (unpaired) electrons. The topological polar surface area (TPSA) is 78.4 Å². The molecule has 0 bridgehead atoms. The molecule has 1 aliphatic carbocycles. The van der Waals surface area contributed by atoms with E-state index in [4.69, 9.17) is 0 Å². The smallest absolute Gasteiger partial charge is 0.311 e. The first-order chi connectivity index (χ1) is 10.0. The van der Waals surface area contributed by atoms with E-state index in [-0.39, 0.29) is 12.5 Å². The van der Waals surface area contributed by atoms with Gasteiger partial charge in [-0.05, 0) is 63.5 Å². The fourth-order valence-electron chi connectivity index (χ4n) is 3.48. The first kappa shape index (κ1) is 16.3. The number of carbonyl (C=O) groups is 2. The molecule has 2 rings (SSSR count). The normalized spacial score (nSPS) is 33.4. The Morgan fingerprint density at radius 2 is 2.00 bits per heavy atom. The van der Waals surface area contributed by atoms with E-state index in [2.05, 4.69) is 17.6 Å². The molecule has 2 fully saturated rings. The Labute approximate surface area is 126 Å². The number of nitrogens with one attached hydrogen (secondary N) is 2. The quantitative estimate of drug-likeness (QED) is 0.722. The van der Waals surface area contributed by atoms with Crippen molar-refractivity contribution >= 4 is 11.9 Å². The first-order valence-electron chi connectivity index (χ1n) is 8.23. The zero-order valence-electron chi connectivity index (χ0n) is 13.0. The molecule has 2 aliphatic rings. The van der Waals surface area contributed by atoms with Crippen LogP contribution in [0.5, 0.6) is 0 Å². The molecular weight excluding hydrogens is 268 g/mol. The minimum absolute atomic E-state index is 0.00273. The van der Waals surface area contributed by atoms with E-state index in [1.165, 1.54) is 0 Å². The Morgan fingerprint density at radius 3 is 2.57 bits per heavy atom. The monoisotopic (exact) mass is 296 g/mol. The molecule has 21 heavy (non-hydrogen) atoms. The molecule has 1 unspecified atom stereocenters. The number of aliphatic carboxylic acids is 1. The zero-order valence-corrected chi connectivity index (χ0v) is 13.0. The molecule has 0 aromatic rings. The highest BCUT2D eigenvalue weighted by molar-refractivity contribution is 5.79. The Bertz CT molecular complexity index is 370. The lowest BCUT2D eigenvalue weighted by Gasteiger charge is -2.36. The van der Waals surface area contributed by atoms with Gasteiger partial charge in [-0.1, -0.05) is 6.92 Å². The van der Waals surface area contributed by atoms with Gasteiger partial charge in [0.05, 0.1) is 5.41 Å². The SMILES string of the molecule is CC1CCC(CNC(=O)CC2CCCNC2)(C(=O)O)CC1. The van der Waals surface area contributed by atoms with Crippen LogP contribution in [0.1, 0.15) is 51.9 Å². The van der Waals surface area contributed by atoms with Gasteiger partial charge < -0.3 is 15.7 Å². The average molecular weight is 296 g/mol. The van der Waals surface area contributed by atoms with Crippen molar-refractivity contribution < 1.29 is 14.7 Å². The summed E-state index contributed by atoms with van der Waals surface area (Å²) in [6, 6.07) is 0. The second kappa shape index (κ2) is 7.25. The fraction of sp³-hybridized carbons (Fsp3) is 0.875. The second-order valence-corrected chi connectivity index (χ2v) is 6.96. The predicted molar refractivity (Wildman–Crippen MR) is 80.9 cm³/mol. The highest BCUT2D eigenvalue weighted by Gasteiger charge is 2.41. The summed E-state index contributed by atoms with van der Waals surface area (Å²) < 4.78 is 0. The van der Waals surface area contributed by atoms with E-state index in [0.717, 1.165) is 38.8 Å². The van der Waals surface area contributed by atoms with Gasteiger partial charge in [-0.15, -0.1) is 0 Å². The van der Waals surface area contributed by atoms with Crippen molar-refractivity contribution in [2.24, 2.45) is 17.3 Å². The van der Waals surface area contributed by atoms with E-state index >= 15 is 0 Å². The summed E-state index contributed by atoms with van der Waals surface area (Å²) in [6.07, 6.45) is 5.95. The van der Waals surface area contributed by atoms with Crippen LogP contribution in [-0.4, -0.2) is 36.6 Å². The van der Waals surface area contributed by atoms with Gasteiger partial charge in [0, 0.05) is 13.0 Å². The van der Waals surface area contributed by atoms with Crippen molar-refractivity contribution in [3.63, 3.8) is 0 Å². The van der Waals surface area contributed by atoms with Crippen molar-refractivity contribution in [3.05, 3.63) is 0 Å².